The van der Waals surface area contributed by atoms with Crippen molar-refractivity contribution in [2.24, 2.45) is 0 Å². The molecule has 1 aromatic rings. The third-order valence-electron chi connectivity index (χ3n) is 3.90. The number of carbonyl (C=O) groups excluding carboxylic acids is 1. The van der Waals surface area contributed by atoms with Crippen LogP contribution in [0.4, 0.5) is 0 Å². The molecule has 1 fully saturated rings. The van der Waals surface area contributed by atoms with Gasteiger partial charge in [0.2, 0.25) is 0 Å². The number of benzene rings is 1. The monoisotopic (exact) mass is 310 g/mol. The van der Waals surface area contributed by atoms with E-state index in [0.29, 0.717) is 16.8 Å². The summed E-state index contributed by atoms with van der Waals surface area (Å²) in [6.07, 6.45) is 1.56. The van der Waals surface area contributed by atoms with E-state index < -0.39 is 6.10 Å². The molecule has 1 aromatic carbocycles. The van der Waals surface area contributed by atoms with Crippen LogP contribution in [0.1, 0.15) is 32.3 Å². The summed E-state index contributed by atoms with van der Waals surface area (Å²) >= 11 is 5.98. The van der Waals surface area contributed by atoms with Gasteiger partial charge in [-0.15, -0.1) is 0 Å². The molecule has 1 aliphatic rings. The van der Waals surface area contributed by atoms with Crippen LogP contribution in [-0.2, 0) is 4.79 Å². The maximum Gasteiger partial charge on any atom is 0.261 e. The van der Waals surface area contributed by atoms with Gasteiger partial charge >= 0.3 is 0 Å². The molecular weight excluding hydrogens is 288 g/mol. The largest absolute Gasteiger partial charge is 0.481 e. The number of aryl methyl sites for hydroxylation is 1. The Balaban J connectivity index is 1.91. The number of carbonyl (C=O) groups is 1. The quantitative estimate of drug-likeness (QED) is 0.899. The zero-order valence-electron chi connectivity index (χ0n) is 12.8. The van der Waals surface area contributed by atoms with E-state index in [-0.39, 0.29) is 11.9 Å². The van der Waals surface area contributed by atoms with Crippen LogP contribution in [0.15, 0.2) is 18.2 Å². The van der Waals surface area contributed by atoms with E-state index in [9.17, 15) is 4.79 Å². The number of rotatable bonds is 4. The maximum absolute atomic E-state index is 12.2. The second-order valence-electron chi connectivity index (χ2n) is 5.67. The Morgan fingerprint density at radius 1 is 1.52 bits per heavy atom. The summed E-state index contributed by atoms with van der Waals surface area (Å²) in [5.41, 5.74) is 0.937. The van der Waals surface area contributed by atoms with Crippen LogP contribution in [0.25, 0.3) is 0 Å². The van der Waals surface area contributed by atoms with Gasteiger partial charge in [0.05, 0.1) is 0 Å². The lowest BCUT2D eigenvalue weighted by Gasteiger charge is -2.31. The minimum absolute atomic E-state index is 0.0804. The van der Waals surface area contributed by atoms with E-state index in [2.05, 4.69) is 17.6 Å². The van der Waals surface area contributed by atoms with Crippen molar-refractivity contribution < 1.29 is 9.53 Å². The Kier molecular flexibility index (Phi) is 5.48. The standard InChI is InChI=1S/C16H23ClN2O2/c1-10-9-13(6-7-14(10)17)21-12(3)16(20)19-15-5-4-8-18-11(15)2/h6-7,9,11-12,15,18H,4-5,8H2,1-3H3,(H,19,20). The summed E-state index contributed by atoms with van der Waals surface area (Å²) in [5, 5.41) is 7.13. The number of hydrogen-bond donors (Lipinski definition) is 2. The molecule has 2 N–H and O–H groups in total. The molecule has 0 saturated carbocycles. The van der Waals surface area contributed by atoms with Crippen LogP contribution in [-0.4, -0.2) is 30.6 Å². The molecule has 5 heteroatoms. The third kappa shape index (κ3) is 4.35. The molecule has 0 bridgehead atoms. The normalized spacial score (nSPS) is 23.4. The average Bonchev–Trinajstić information content (AvgIpc) is 2.45. The van der Waals surface area contributed by atoms with Crippen molar-refractivity contribution in [1.82, 2.24) is 10.6 Å². The Morgan fingerprint density at radius 2 is 2.29 bits per heavy atom. The molecule has 0 spiro atoms. The highest BCUT2D eigenvalue weighted by atomic mass is 35.5. The van der Waals surface area contributed by atoms with Crippen molar-refractivity contribution in [1.29, 1.82) is 0 Å². The molecule has 1 amide bonds. The van der Waals surface area contributed by atoms with Gasteiger partial charge in [-0.1, -0.05) is 11.6 Å². The summed E-state index contributed by atoms with van der Waals surface area (Å²) < 4.78 is 5.70. The molecule has 0 aromatic heterocycles. The minimum atomic E-state index is -0.528. The van der Waals surface area contributed by atoms with Crippen molar-refractivity contribution in [3.8, 4) is 5.75 Å². The first kappa shape index (κ1) is 16.1. The Hall–Kier alpha value is -1.26. The summed E-state index contributed by atoms with van der Waals surface area (Å²) in [6.45, 7) is 6.79. The highest BCUT2D eigenvalue weighted by Gasteiger charge is 2.25. The van der Waals surface area contributed by atoms with Crippen molar-refractivity contribution in [2.75, 3.05) is 6.54 Å². The van der Waals surface area contributed by atoms with Crippen LogP contribution in [0.3, 0.4) is 0 Å². The van der Waals surface area contributed by atoms with E-state index in [0.717, 1.165) is 24.9 Å². The number of piperidine rings is 1. The molecule has 3 atom stereocenters. The highest BCUT2D eigenvalue weighted by molar-refractivity contribution is 6.31. The molecule has 1 heterocycles. The Morgan fingerprint density at radius 3 is 2.95 bits per heavy atom. The molecule has 21 heavy (non-hydrogen) atoms. The van der Waals surface area contributed by atoms with Gasteiger partial charge in [-0.3, -0.25) is 4.79 Å². The number of amides is 1. The lowest BCUT2D eigenvalue weighted by atomic mass is 10.00. The van der Waals surface area contributed by atoms with Crippen LogP contribution in [0, 0.1) is 6.92 Å². The van der Waals surface area contributed by atoms with Gasteiger partial charge in [0.25, 0.3) is 5.91 Å². The van der Waals surface area contributed by atoms with Crippen LogP contribution < -0.4 is 15.4 Å². The SMILES string of the molecule is Cc1cc(OC(C)C(=O)NC2CCCNC2C)ccc1Cl. The van der Waals surface area contributed by atoms with Crippen molar-refractivity contribution in [3.63, 3.8) is 0 Å². The van der Waals surface area contributed by atoms with Gasteiger partial charge < -0.3 is 15.4 Å². The van der Waals surface area contributed by atoms with Crippen LogP contribution in [0.2, 0.25) is 5.02 Å². The summed E-state index contributed by atoms with van der Waals surface area (Å²) in [7, 11) is 0. The number of ether oxygens (including phenoxy) is 1. The zero-order chi connectivity index (χ0) is 15.4. The van der Waals surface area contributed by atoms with Crippen molar-refractivity contribution >= 4 is 17.5 Å². The first-order valence-electron chi connectivity index (χ1n) is 7.44. The van der Waals surface area contributed by atoms with E-state index >= 15 is 0 Å². The zero-order valence-corrected chi connectivity index (χ0v) is 13.5. The fourth-order valence-electron chi connectivity index (χ4n) is 2.49. The number of hydrogen-bond acceptors (Lipinski definition) is 3. The number of nitrogens with one attached hydrogen (secondary N) is 2. The Bertz CT molecular complexity index is 507. The lowest BCUT2D eigenvalue weighted by molar-refractivity contribution is -0.128. The van der Waals surface area contributed by atoms with Crippen molar-refractivity contribution in [2.45, 2.75) is 51.8 Å². The first-order chi connectivity index (χ1) is 9.97. The molecule has 116 valence electrons. The molecular formula is C16H23ClN2O2. The molecule has 4 nitrogen and oxygen atoms in total. The van der Waals surface area contributed by atoms with Crippen molar-refractivity contribution in [3.05, 3.63) is 28.8 Å². The van der Waals surface area contributed by atoms with Gasteiger partial charge in [-0.2, -0.15) is 0 Å². The smallest absolute Gasteiger partial charge is 0.261 e. The van der Waals surface area contributed by atoms with E-state index in [4.69, 9.17) is 16.3 Å². The second kappa shape index (κ2) is 7.14. The molecule has 3 unspecified atom stereocenters. The predicted octanol–water partition coefficient (Wildman–Crippen LogP) is 2.67. The van der Waals surface area contributed by atoms with Crippen LogP contribution >= 0.6 is 11.6 Å². The summed E-state index contributed by atoms with van der Waals surface area (Å²) in [6, 6.07) is 5.88. The number of halogens is 1. The average molecular weight is 311 g/mol. The molecule has 0 aliphatic carbocycles. The maximum atomic E-state index is 12.2. The van der Waals surface area contributed by atoms with E-state index in [1.165, 1.54) is 0 Å². The topological polar surface area (TPSA) is 50.4 Å². The fraction of sp³-hybridized carbons (Fsp3) is 0.562. The van der Waals surface area contributed by atoms with Crippen LogP contribution in [0.5, 0.6) is 5.75 Å². The first-order valence-corrected chi connectivity index (χ1v) is 7.81. The summed E-state index contributed by atoms with van der Waals surface area (Å²) in [4.78, 5) is 12.2. The molecule has 0 radical (unpaired) electrons. The van der Waals surface area contributed by atoms with Gasteiger partial charge in [-0.05, 0) is 63.9 Å². The molecule has 1 aliphatic heterocycles. The Labute approximate surface area is 131 Å². The molecule has 2 rings (SSSR count). The molecule has 1 saturated heterocycles. The predicted molar refractivity (Wildman–Crippen MR) is 84.9 cm³/mol. The lowest BCUT2D eigenvalue weighted by Crippen LogP contribution is -2.54. The fourth-order valence-corrected chi connectivity index (χ4v) is 2.61. The van der Waals surface area contributed by atoms with Gasteiger partial charge in [0, 0.05) is 17.1 Å². The highest BCUT2D eigenvalue weighted by Crippen LogP contribution is 2.22. The van der Waals surface area contributed by atoms with Gasteiger partial charge in [0.1, 0.15) is 5.75 Å². The van der Waals surface area contributed by atoms with E-state index in [1.807, 2.05) is 13.0 Å². The third-order valence-corrected chi connectivity index (χ3v) is 4.33. The summed E-state index contributed by atoms with van der Waals surface area (Å²) in [5.74, 6) is 0.581. The van der Waals surface area contributed by atoms with E-state index in [1.54, 1.807) is 19.1 Å². The van der Waals surface area contributed by atoms with Gasteiger partial charge in [0.15, 0.2) is 6.10 Å². The second-order valence-corrected chi connectivity index (χ2v) is 6.08. The minimum Gasteiger partial charge on any atom is -0.481 e. The van der Waals surface area contributed by atoms with Gasteiger partial charge in [-0.25, -0.2) is 0 Å².